The highest BCUT2D eigenvalue weighted by Crippen LogP contribution is 2.28. The fourth-order valence-electron chi connectivity index (χ4n) is 2.76. The predicted octanol–water partition coefficient (Wildman–Crippen LogP) is 4.88. The third kappa shape index (κ3) is 3.10. The maximum atomic E-state index is 13.3. The first-order valence-electron chi connectivity index (χ1n) is 8.10. The summed E-state index contributed by atoms with van der Waals surface area (Å²) < 4.78 is 13.3. The highest BCUT2D eigenvalue weighted by atomic mass is 32.1. The Labute approximate surface area is 149 Å². The molecule has 0 amide bonds. The molecular weight excluding hydrogens is 333 g/mol. The lowest BCUT2D eigenvalue weighted by molar-refractivity contribution is 0.628. The molecular formula is C20H16FN3S. The van der Waals surface area contributed by atoms with E-state index in [4.69, 9.17) is 4.99 Å². The number of rotatable bonds is 3. The molecule has 1 N–H and O–H groups in total. The third-order valence-electron chi connectivity index (χ3n) is 4.10. The van der Waals surface area contributed by atoms with E-state index in [1.54, 1.807) is 23.5 Å². The Kier molecular flexibility index (Phi) is 4.15. The van der Waals surface area contributed by atoms with E-state index >= 15 is 0 Å². The van der Waals surface area contributed by atoms with Gasteiger partial charge in [-0.1, -0.05) is 19.1 Å². The average Bonchev–Trinajstić information content (AvgIpc) is 3.11. The molecule has 0 atom stereocenters. The van der Waals surface area contributed by atoms with Gasteiger partial charge < -0.3 is 0 Å². The first-order valence-corrected chi connectivity index (χ1v) is 8.98. The highest BCUT2D eigenvalue weighted by Gasteiger charge is 2.18. The van der Waals surface area contributed by atoms with Gasteiger partial charge in [-0.2, -0.15) is 5.10 Å². The summed E-state index contributed by atoms with van der Waals surface area (Å²) in [6, 6.07) is 16.6. The normalized spacial score (nSPS) is 13.4. The number of nitrogens with zero attached hydrogens (tertiary/aromatic N) is 2. The lowest BCUT2D eigenvalue weighted by atomic mass is 9.98. The van der Waals surface area contributed by atoms with Crippen molar-refractivity contribution in [3.05, 3.63) is 87.4 Å². The van der Waals surface area contributed by atoms with Gasteiger partial charge in [0.15, 0.2) is 5.84 Å². The second-order valence-corrected chi connectivity index (χ2v) is 6.67. The lowest BCUT2D eigenvalue weighted by Crippen LogP contribution is -2.18. The van der Waals surface area contributed by atoms with Crippen LogP contribution in [0.5, 0.6) is 0 Å². The van der Waals surface area contributed by atoms with Crippen LogP contribution in [0.25, 0.3) is 0 Å². The van der Waals surface area contributed by atoms with Crippen molar-refractivity contribution in [2.75, 3.05) is 0 Å². The van der Waals surface area contributed by atoms with Gasteiger partial charge in [-0.25, -0.2) is 9.38 Å². The number of thiophene rings is 1. The first-order chi connectivity index (χ1) is 12.2. The molecule has 25 heavy (non-hydrogen) atoms. The Bertz CT molecular complexity index is 957. The highest BCUT2D eigenvalue weighted by molar-refractivity contribution is 7.12. The summed E-state index contributed by atoms with van der Waals surface area (Å²) in [4.78, 5) is 5.80. The van der Waals surface area contributed by atoms with Crippen molar-refractivity contribution in [2.24, 2.45) is 10.1 Å². The summed E-state index contributed by atoms with van der Waals surface area (Å²) in [5, 5.41) is 6.61. The van der Waals surface area contributed by atoms with Crippen LogP contribution < -0.4 is 5.43 Å². The number of hydrazone groups is 1. The van der Waals surface area contributed by atoms with Crippen LogP contribution in [0.4, 0.5) is 10.1 Å². The maximum Gasteiger partial charge on any atom is 0.164 e. The van der Waals surface area contributed by atoms with Crippen molar-refractivity contribution in [3.63, 3.8) is 0 Å². The van der Waals surface area contributed by atoms with Gasteiger partial charge in [0.05, 0.1) is 16.3 Å². The van der Waals surface area contributed by atoms with Gasteiger partial charge in [-0.3, -0.25) is 5.43 Å². The Hall–Kier alpha value is -2.79. The summed E-state index contributed by atoms with van der Waals surface area (Å²) >= 11 is 1.61. The molecule has 2 heterocycles. The minimum atomic E-state index is -0.260. The van der Waals surface area contributed by atoms with Crippen molar-refractivity contribution < 1.29 is 4.39 Å². The largest absolute Gasteiger partial charge is 0.260 e. The molecule has 0 radical (unpaired) electrons. The van der Waals surface area contributed by atoms with Crippen molar-refractivity contribution >= 4 is 28.6 Å². The van der Waals surface area contributed by atoms with E-state index in [0.717, 1.165) is 39.7 Å². The molecule has 0 spiro atoms. The van der Waals surface area contributed by atoms with E-state index in [-0.39, 0.29) is 5.82 Å². The van der Waals surface area contributed by atoms with Crippen molar-refractivity contribution in [3.8, 4) is 0 Å². The second kappa shape index (κ2) is 6.61. The van der Waals surface area contributed by atoms with Crippen LogP contribution in [0.2, 0.25) is 0 Å². The average molecular weight is 349 g/mol. The summed E-state index contributed by atoms with van der Waals surface area (Å²) in [6.45, 7) is 2.12. The molecule has 1 aliphatic rings. The van der Waals surface area contributed by atoms with Crippen molar-refractivity contribution in [1.29, 1.82) is 0 Å². The minimum absolute atomic E-state index is 0.260. The van der Waals surface area contributed by atoms with E-state index < -0.39 is 0 Å². The minimum Gasteiger partial charge on any atom is -0.260 e. The Morgan fingerprint density at radius 3 is 2.64 bits per heavy atom. The number of fused-ring (bicyclic) bond motifs is 1. The summed E-state index contributed by atoms with van der Waals surface area (Å²) in [6.07, 6.45) is 0.929. The van der Waals surface area contributed by atoms with Gasteiger partial charge in [-0.05, 0) is 59.8 Å². The zero-order valence-corrected chi connectivity index (χ0v) is 14.5. The number of aliphatic imine (C=N–C) groups is 1. The topological polar surface area (TPSA) is 36.8 Å². The van der Waals surface area contributed by atoms with Crippen LogP contribution in [0.3, 0.4) is 0 Å². The fourth-order valence-corrected chi connectivity index (χ4v) is 3.42. The number of amidine groups is 1. The second-order valence-electron chi connectivity index (χ2n) is 5.72. The number of aryl methyl sites for hydroxylation is 1. The number of benzene rings is 2. The maximum absolute atomic E-state index is 13.3. The fraction of sp³-hybridized carbons (Fsp3) is 0.100. The molecule has 4 rings (SSSR count). The third-order valence-corrected chi connectivity index (χ3v) is 4.98. The van der Waals surface area contributed by atoms with Gasteiger partial charge in [0.2, 0.25) is 0 Å². The Morgan fingerprint density at radius 2 is 1.92 bits per heavy atom. The molecule has 0 bridgehead atoms. The van der Waals surface area contributed by atoms with Gasteiger partial charge in [-0.15, -0.1) is 11.3 Å². The van der Waals surface area contributed by atoms with Crippen molar-refractivity contribution in [2.45, 2.75) is 13.3 Å². The molecule has 3 nitrogen and oxygen atoms in total. The molecule has 0 unspecified atom stereocenters. The van der Waals surface area contributed by atoms with Crippen LogP contribution in [0, 0.1) is 5.82 Å². The molecule has 0 fully saturated rings. The molecule has 3 aromatic rings. The van der Waals surface area contributed by atoms with Crippen LogP contribution in [0.1, 0.15) is 28.5 Å². The standard InChI is InChI=1S/C20H16FN3S/c1-2-13-5-10-17-16(12-13)19(14-6-8-15(21)9-7-14)23-24-20(22-17)18-4-3-11-25-18/h3-12H,2H2,1H3,(H,22,24). The summed E-state index contributed by atoms with van der Waals surface area (Å²) in [5.74, 6) is 0.460. The van der Waals surface area contributed by atoms with E-state index in [0.29, 0.717) is 0 Å². The zero-order chi connectivity index (χ0) is 17.2. The molecule has 1 aliphatic heterocycles. The Morgan fingerprint density at radius 1 is 1.08 bits per heavy atom. The van der Waals surface area contributed by atoms with Crippen molar-refractivity contribution in [1.82, 2.24) is 5.43 Å². The summed E-state index contributed by atoms with van der Waals surface area (Å²) in [5.41, 5.74) is 7.72. The molecule has 0 aliphatic carbocycles. The zero-order valence-electron chi connectivity index (χ0n) is 13.7. The van der Waals surface area contributed by atoms with Gasteiger partial charge in [0, 0.05) is 11.1 Å². The molecule has 124 valence electrons. The molecule has 1 aromatic heterocycles. The molecule has 0 saturated carbocycles. The van der Waals surface area contributed by atoms with E-state index in [1.165, 1.54) is 17.7 Å². The smallest absolute Gasteiger partial charge is 0.164 e. The Balaban J connectivity index is 1.88. The van der Waals surface area contributed by atoms with Gasteiger partial charge in [0.1, 0.15) is 5.82 Å². The van der Waals surface area contributed by atoms with E-state index in [2.05, 4.69) is 29.6 Å². The van der Waals surface area contributed by atoms with E-state index in [9.17, 15) is 4.39 Å². The first kappa shape index (κ1) is 15.7. The molecule has 0 saturated heterocycles. The number of nitrogens with one attached hydrogen (secondary N) is 1. The quantitative estimate of drug-likeness (QED) is 0.718. The number of halogens is 1. The molecule has 2 aromatic carbocycles. The van der Waals surface area contributed by atoms with Crippen LogP contribution in [-0.4, -0.2) is 11.5 Å². The monoisotopic (exact) mass is 349 g/mol. The molecule has 5 heteroatoms. The van der Waals surface area contributed by atoms with Gasteiger partial charge >= 0.3 is 0 Å². The summed E-state index contributed by atoms with van der Waals surface area (Å²) in [7, 11) is 0. The SMILES string of the molecule is CCc1ccc2c(c1)C(c1ccc(F)cc1)=NNC(c1cccs1)=N2. The van der Waals surface area contributed by atoms with Gasteiger partial charge in [0.25, 0.3) is 0 Å². The number of hydrogen-bond acceptors (Lipinski definition) is 4. The van der Waals surface area contributed by atoms with Crippen LogP contribution in [0.15, 0.2) is 70.1 Å². The van der Waals surface area contributed by atoms with E-state index in [1.807, 2.05) is 23.6 Å². The predicted molar refractivity (Wildman–Crippen MR) is 102 cm³/mol. The van der Waals surface area contributed by atoms with Crippen LogP contribution >= 0.6 is 11.3 Å². The lowest BCUT2D eigenvalue weighted by Gasteiger charge is -2.09. The number of hydrogen-bond donors (Lipinski definition) is 1. The van der Waals surface area contributed by atoms with Crippen LogP contribution in [-0.2, 0) is 6.42 Å².